The van der Waals surface area contributed by atoms with Crippen molar-refractivity contribution >= 4 is 50.9 Å². The molecule has 0 radical (unpaired) electrons. The Labute approximate surface area is 302 Å². The maximum absolute atomic E-state index is 14.3. The van der Waals surface area contributed by atoms with Gasteiger partial charge in [-0.2, -0.15) is 0 Å². The van der Waals surface area contributed by atoms with E-state index in [2.05, 4.69) is 29.2 Å². The van der Waals surface area contributed by atoms with Crippen LogP contribution in [0.4, 0.5) is 11.4 Å². The molecule has 2 amide bonds. The molecule has 0 spiro atoms. The van der Waals surface area contributed by atoms with Crippen LogP contribution >= 0.6 is 11.8 Å². The summed E-state index contributed by atoms with van der Waals surface area (Å²) in [5.41, 5.74) is 0.800. The van der Waals surface area contributed by atoms with E-state index in [-0.39, 0.29) is 22.0 Å². The fourth-order valence-corrected chi connectivity index (χ4v) is 8.20. The number of phenols is 1. The Morgan fingerprint density at radius 2 is 1.65 bits per heavy atom. The number of aliphatic carboxylic acids is 1. The molecule has 0 aromatic heterocycles. The maximum atomic E-state index is 14.3. The van der Waals surface area contributed by atoms with Gasteiger partial charge in [0.15, 0.2) is 6.61 Å². The molecule has 2 atom stereocenters. The van der Waals surface area contributed by atoms with Gasteiger partial charge in [0.2, 0.25) is 15.9 Å². The molecule has 3 aromatic rings. The van der Waals surface area contributed by atoms with Crippen LogP contribution < -0.4 is 25.0 Å². The van der Waals surface area contributed by atoms with Gasteiger partial charge < -0.3 is 35.6 Å². The Morgan fingerprint density at radius 3 is 2.22 bits per heavy atom. The molecule has 0 saturated heterocycles. The van der Waals surface area contributed by atoms with Gasteiger partial charge in [-0.05, 0) is 55.0 Å². The molecule has 51 heavy (non-hydrogen) atoms. The number of aliphatic hydroxyl groups is 1. The topological polar surface area (TPSA) is 195 Å². The number of phenolic OH excluding ortho intramolecular Hbond substituents is 1. The van der Waals surface area contributed by atoms with E-state index >= 15 is 0 Å². The van der Waals surface area contributed by atoms with Crippen molar-refractivity contribution in [2.45, 2.75) is 79.8 Å². The third-order valence-corrected chi connectivity index (χ3v) is 11.0. The summed E-state index contributed by atoms with van der Waals surface area (Å²) in [6, 6.07) is 15.1. The number of anilines is 2. The van der Waals surface area contributed by atoms with Crippen molar-refractivity contribution in [2.24, 2.45) is 0 Å². The number of carboxylic acid groups (broad SMARTS) is 1. The van der Waals surface area contributed by atoms with Gasteiger partial charge in [-0.1, -0.05) is 69.9 Å². The number of carboxylic acids is 1. The molecule has 0 saturated carbocycles. The maximum Gasteiger partial charge on any atom is 0.328 e. The van der Waals surface area contributed by atoms with Crippen LogP contribution in [0.5, 0.6) is 11.5 Å². The number of thioether (sulfide) groups is 1. The van der Waals surface area contributed by atoms with Gasteiger partial charge in [-0.25, -0.2) is 17.9 Å². The number of hydrogen-bond acceptors (Lipinski definition) is 10. The van der Waals surface area contributed by atoms with Crippen LogP contribution in [0.15, 0.2) is 76.5 Å². The first kappa shape index (κ1) is 39.5. The third kappa shape index (κ3) is 9.94. The van der Waals surface area contributed by atoms with Crippen LogP contribution in [-0.2, 0) is 24.4 Å². The molecular formula is C36H46N4O9S2. The second-order valence-electron chi connectivity index (χ2n) is 12.4. The van der Waals surface area contributed by atoms with Crippen molar-refractivity contribution in [2.75, 3.05) is 30.9 Å². The number of unbranched alkanes of at least 4 members (excludes halogenated alkanes) is 2. The molecule has 0 unspecified atom stereocenters. The summed E-state index contributed by atoms with van der Waals surface area (Å²) in [7, 11) is -4.09. The first-order chi connectivity index (χ1) is 24.4. The summed E-state index contributed by atoms with van der Waals surface area (Å²) in [5, 5.41) is 33.2. The van der Waals surface area contributed by atoms with Gasteiger partial charge in [-0.3, -0.25) is 9.59 Å². The molecule has 4 rings (SSSR count). The molecule has 15 heteroatoms. The van der Waals surface area contributed by atoms with Crippen LogP contribution in [0.3, 0.4) is 0 Å². The van der Waals surface area contributed by atoms with Crippen molar-refractivity contribution in [3.05, 3.63) is 72.3 Å². The molecule has 13 nitrogen and oxygen atoms in total. The Bertz CT molecular complexity index is 1770. The number of aliphatic hydroxyl groups excluding tert-OH is 1. The average Bonchev–Trinajstić information content (AvgIpc) is 3.21. The number of rotatable bonds is 17. The van der Waals surface area contributed by atoms with Crippen molar-refractivity contribution in [1.82, 2.24) is 15.4 Å². The minimum Gasteiger partial charge on any atom is -0.508 e. The zero-order valence-electron chi connectivity index (χ0n) is 28.9. The van der Waals surface area contributed by atoms with E-state index < -0.39 is 58.6 Å². The molecular weight excluding hydrogens is 697 g/mol. The monoisotopic (exact) mass is 742 g/mol. The lowest BCUT2D eigenvalue weighted by Crippen LogP contribution is -2.53. The number of fused-ring (bicyclic) bond motifs is 1. The molecule has 0 aliphatic carbocycles. The SMILES string of the molecule is CCCCC1(CCCC)CN(c2ccccc2)c2cc(SC)c(OCC(=O)N[C@@H](C(=O)N[C@@H](CO)C(=O)O)c3ccc(O)cc3)cc2S(=O)(=O)N1. The highest BCUT2D eigenvalue weighted by atomic mass is 32.2. The van der Waals surface area contributed by atoms with E-state index in [4.69, 9.17) is 4.74 Å². The summed E-state index contributed by atoms with van der Waals surface area (Å²) < 4.78 is 37.5. The lowest BCUT2D eigenvalue weighted by molar-refractivity contribution is -0.143. The fraction of sp³-hybridized carbons (Fsp3) is 0.417. The fourth-order valence-electron chi connectivity index (χ4n) is 6.00. The van der Waals surface area contributed by atoms with Gasteiger partial charge in [0, 0.05) is 18.3 Å². The van der Waals surface area contributed by atoms with E-state index in [0.717, 1.165) is 31.4 Å². The number of carbonyl (C=O) groups excluding carboxylic acids is 2. The largest absolute Gasteiger partial charge is 0.508 e. The number of ether oxygens (including phenoxy) is 1. The van der Waals surface area contributed by atoms with Crippen molar-refractivity contribution in [3.8, 4) is 11.5 Å². The summed E-state index contributed by atoms with van der Waals surface area (Å²) in [6.45, 7) is 3.07. The van der Waals surface area contributed by atoms with Gasteiger partial charge in [0.1, 0.15) is 28.5 Å². The molecule has 1 aliphatic rings. The van der Waals surface area contributed by atoms with Crippen LogP contribution in [0, 0.1) is 0 Å². The standard InChI is InChI=1S/C36H46N4O9S2/c1-4-6-17-36(18-7-5-2)23-40(25-11-9-8-10-12-25)28-19-30(50-3)29(20-31(28)51(47,48)39-36)49-22-32(43)38-33(24-13-15-26(42)16-14-24)34(44)37-27(21-41)35(45)46/h8-16,19-20,27,33,39,41-42H,4-7,17-18,21-23H2,1-3H3,(H,37,44)(H,38,43)(H,45,46)/t27-,33+/m0/s1. The number of nitrogens with one attached hydrogen (secondary N) is 3. The number of carbonyl (C=O) groups is 3. The Balaban J connectivity index is 1.68. The molecule has 1 aliphatic heterocycles. The molecule has 6 N–H and O–H groups in total. The number of amides is 2. The van der Waals surface area contributed by atoms with Crippen LogP contribution in [0.25, 0.3) is 0 Å². The number of nitrogens with zero attached hydrogens (tertiary/aromatic N) is 1. The number of benzene rings is 3. The smallest absolute Gasteiger partial charge is 0.328 e. The van der Waals surface area contributed by atoms with E-state index in [0.29, 0.717) is 30.0 Å². The van der Waals surface area contributed by atoms with Gasteiger partial charge >= 0.3 is 5.97 Å². The Hall–Kier alpha value is -4.31. The minimum absolute atomic E-state index is 0.000466. The summed E-state index contributed by atoms with van der Waals surface area (Å²) >= 11 is 1.32. The first-order valence-electron chi connectivity index (χ1n) is 16.8. The summed E-state index contributed by atoms with van der Waals surface area (Å²) in [4.78, 5) is 40.5. The number of sulfonamides is 1. The Morgan fingerprint density at radius 1 is 1.00 bits per heavy atom. The highest BCUT2D eigenvalue weighted by Crippen LogP contribution is 2.44. The van der Waals surface area contributed by atoms with E-state index in [1.165, 1.54) is 42.1 Å². The first-order valence-corrected chi connectivity index (χ1v) is 19.5. The second kappa shape index (κ2) is 17.8. The molecule has 276 valence electrons. The summed E-state index contributed by atoms with van der Waals surface area (Å²) in [6.07, 6.45) is 6.60. The normalized spacial score (nSPS) is 15.9. The lowest BCUT2D eigenvalue weighted by Gasteiger charge is -2.37. The summed E-state index contributed by atoms with van der Waals surface area (Å²) in [5.74, 6) is -3.12. The van der Waals surface area contributed by atoms with Crippen LogP contribution in [0.2, 0.25) is 0 Å². The number of para-hydroxylation sites is 1. The van der Waals surface area contributed by atoms with Crippen LogP contribution in [-0.4, -0.2) is 79.1 Å². The van der Waals surface area contributed by atoms with E-state index in [9.17, 15) is 38.1 Å². The predicted molar refractivity (Wildman–Crippen MR) is 195 cm³/mol. The highest BCUT2D eigenvalue weighted by molar-refractivity contribution is 7.98. The Kier molecular flexibility index (Phi) is 13.7. The molecule has 3 aromatic carbocycles. The van der Waals surface area contributed by atoms with Gasteiger partial charge in [0.25, 0.3) is 5.91 Å². The lowest BCUT2D eigenvalue weighted by atomic mass is 9.87. The van der Waals surface area contributed by atoms with E-state index in [1.807, 2.05) is 41.5 Å². The zero-order valence-corrected chi connectivity index (χ0v) is 30.6. The van der Waals surface area contributed by atoms with Crippen LogP contribution in [0.1, 0.15) is 64.0 Å². The second-order valence-corrected chi connectivity index (χ2v) is 14.9. The predicted octanol–water partition coefficient (Wildman–Crippen LogP) is 4.46. The van der Waals surface area contributed by atoms with Crippen molar-refractivity contribution < 1.29 is 42.9 Å². The number of aromatic hydroxyl groups is 1. The molecule has 1 heterocycles. The van der Waals surface area contributed by atoms with Crippen molar-refractivity contribution in [1.29, 1.82) is 0 Å². The van der Waals surface area contributed by atoms with E-state index in [1.54, 1.807) is 6.07 Å². The minimum atomic E-state index is -4.09. The molecule has 0 bridgehead atoms. The zero-order chi connectivity index (χ0) is 37.2. The van der Waals surface area contributed by atoms with Crippen molar-refractivity contribution in [3.63, 3.8) is 0 Å². The number of hydrogen-bond donors (Lipinski definition) is 6. The van der Waals surface area contributed by atoms with Gasteiger partial charge in [-0.15, -0.1) is 11.8 Å². The third-order valence-electron chi connectivity index (χ3n) is 8.67. The average molecular weight is 743 g/mol. The molecule has 0 fully saturated rings. The highest BCUT2D eigenvalue weighted by Gasteiger charge is 2.42. The van der Waals surface area contributed by atoms with Gasteiger partial charge in [0.05, 0.1) is 22.7 Å². The quantitative estimate of drug-likeness (QED) is 0.107.